The fraction of sp³-hybridized carbons (Fsp3) is 0.238. The highest BCUT2D eigenvalue weighted by molar-refractivity contribution is 5.94. The maximum atomic E-state index is 13.7. The predicted octanol–water partition coefficient (Wildman–Crippen LogP) is 2.65. The van der Waals surface area contributed by atoms with Gasteiger partial charge in [-0.25, -0.2) is 13.5 Å². The third-order valence-electron chi connectivity index (χ3n) is 5.31. The van der Waals surface area contributed by atoms with Crippen LogP contribution in [0.4, 0.5) is 8.78 Å². The van der Waals surface area contributed by atoms with Gasteiger partial charge >= 0.3 is 0 Å². The second-order valence-electron chi connectivity index (χ2n) is 7.19. The summed E-state index contributed by atoms with van der Waals surface area (Å²) in [6, 6.07) is 9.27. The van der Waals surface area contributed by atoms with Crippen LogP contribution in [0.5, 0.6) is 0 Å². The van der Waals surface area contributed by atoms with Gasteiger partial charge in [0, 0.05) is 36.5 Å². The van der Waals surface area contributed by atoms with Crippen molar-refractivity contribution in [1.29, 1.82) is 0 Å². The number of pyridine rings is 1. The van der Waals surface area contributed by atoms with Gasteiger partial charge in [0.15, 0.2) is 23.0 Å². The van der Waals surface area contributed by atoms with E-state index in [9.17, 15) is 13.6 Å². The molecule has 9 heteroatoms. The fourth-order valence-corrected chi connectivity index (χ4v) is 3.88. The van der Waals surface area contributed by atoms with Gasteiger partial charge in [-0.3, -0.25) is 9.20 Å². The molecule has 3 aromatic heterocycles. The van der Waals surface area contributed by atoms with E-state index in [0.717, 1.165) is 54.1 Å². The predicted molar refractivity (Wildman–Crippen MR) is 105 cm³/mol. The van der Waals surface area contributed by atoms with Crippen LogP contribution in [0.25, 0.3) is 11.3 Å². The first-order chi connectivity index (χ1) is 14.6. The molecule has 30 heavy (non-hydrogen) atoms. The number of carbonyl (C=O) groups is 1. The molecule has 1 amide bonds. The van der Waals surface area contributed by atoms with Crippen LogP contribution >= 0.6 is 0 Å². The van der Waals surface area contributed by atoms with Crippen LogP contribution in [-0.4, -0.2) is 36.8 Å². The normalized spacial score (nSPS) is 13.0. The number of hydrogen-bond donors (Lipinski definition) is 1. The van der Waals surface area contributed by atoms with Gasteiger partial charge in [-0.2, -0.15) is 5.10 Å². The van der Waals surface area contributed by atoms with E-state index < -0.39 is 11.6 Å². The number of halogens is 2. The highest BCUT2D eigenvalue weighted by Gasteiger charge is 2.27. The first kappa shape index (κ1) is 18.4. The van der Waals surface area contributed by atoms with Crippen molar-refractivity contribution in [1.82, 2.24) is 29.7 Å². The molecule has 0 spiro atoms. The summed E-state index contributed by atoms with van der Waals surface area (Å²) in [5.74, 6) is -1.39. The van der Waals surface area contributed by atoms with Gasteiger partial charge in [0.1, 0.15) is 5.82 Å². The van der Waals surface area contributed by atoms with Crippen molar-refractivity contribution in [3.05, 3.63) is 77.0 Å². The maximum absolute atomic E-state index is 13.7. The molecule has 1 N–H and O–H groups in total. The van der Waals surface area contributed by atoms with Crippen LogP contribution in [0.1, 0.15) is 34.0 Å². The summed E-state index contributed by atoms with van der Waals surface area (Å²) in [5.41, 5.74) is 3.22. The quantitative estimate of drug-likeness (QED) is 0.551. The van der Waals surface area contributed by atoms with Gasteiger partial charge in [0.25, 0.3) is 5.91 Å². The Kier molecular flexibility index (Phi) is 4.50. The third-order valence-corrected chi connectivity index (χ3v) is 5.31. The Labute approximate surface area is 170 Å². The summed E-state index contributed by atoms with van der Waals surface area (Å²) < 4.78 is 30.4. The minimum atomic E-state index is -0.943. The van der Waals surface area contributed by atoms with Crippen LogP contribution in [0.2, 0.25) is 0 Å². The average Bonchev–Trinajstić information content (AvgIpc) is 3.45. The zero-order valence-corrected chi connectivity index (χ0v) is 16.0. The topological polar surface area (TPSA) is 77.1 Å². The zero-order chi connectivity index (χ0) is 20.7. The van der Waals surface area contributed by atoms with Gasteiger partial charge < -0.3 is 5.32 Å². The average molecular weight is 408 g/mol. The van der Waals surface area contributed by atoms with Gasteiger partial charge in [-0.1, -0.05) is 6.07 Å². The van der Waals surface area contributed by atoms with E-state index in [0.29, 0.717) is 24.3 Å². The number of carbonyl (C=O) groups excluding carboxylic acids is 1. The van der Waals surface area contributed by atoms with Gasteiger partial charge in [0.2, 0.25) is 0 Å². The Bertz CT molecular complexity index is 1260. The highest BCUT2D eigenvalue weighted by Crippen LogP contribution is 2.28. The Morgan fingerprint density at radius 3 is 2.87 bits per heavy atom. The molecule has 5 rings (SSSR count). The van der Waals surface area contributed by atoms with Crippen molar-refractivity contribution in [2.75, 3.05) is 6.54 Å². The van der Waals surface area contributed by atoms with Gasteiger partial charge in [-0.15, -0.1) is 10.2 Å². The second-order valence-corrected chi connectivity index (χ2v) is 7.19. The molecule has 4 aromatic rings. The van der Waals surface area contributed by atoms with E-state index in [4.69, 9.17) is 0 Å². The molecular formula is C21H18F2N6O. The number of hydrogen-bond acceptors (Lipinski definition) is 4. The van der Waals surface area contributed by atoms with Crippen molar-refractivity contribution in [3.63, 3.8) is 0 Å². The standard InChI is InChI=1S/C21H18F2N6O/c22-15-8-7-13(12-16(15)23)29-17-5-3-4-14(17)20(27-29)21(30)24-10-9-19-26-25-18-6-1-2-11-28(18)19/h1-2,6-8,11-12H,3-5,9-10H2,(H,24,30). The number of aromatic nitrogens is 5. The number of rotatable bonds is 5. The van der Waals surface area contributed by atoms with Gasteiger partial charge in [0.05, 0.1) is 5.69 Å². The molecule has 1 aliphatic rings. The minimum absolute atomic E-state index is 0.289. The molecule has 152 valence electrons. The van der Waals surface area contributed by atoms with Crippen LogP contribution in [0.3, 0.4) is 0 Å². The number of fused-ring (bicyclic) bond motifs is 2. The fourth-order valence-electron chi connectivity index (χ4n) is 3.88. The van der Waals surface area contributed by atoms with Crippen LogP contribution in [-0.2, 0) is 19.3 Å². The third kappa shape index (κ3) is 3.12. The molecule has 0 radical (unpaired) electrons. The van der Waals surface area contributed by atoms with Crippen LogP contribution in [0.15, 0.2) is 42.6 Å². The molecule has 1 aromatic carbocycles. The molecule has 0 unspecified atom stereocenters. The summed E-state index contributed by atoms with van der Waals surface area (Å²) in [5, 5.41) is 15.6. The Morgan fingerprint density at radius 1 is 1.10 bits per heavy atom. The highest BCUT2D eigenvalue weighted by atomic mass is 19.2. The molecule has 0 fully saturated rings. The largest absolute Gasteiger partial charge is 0.350 e. The van der Waals surface area contributed by atoms with Crippen molar-refractivity contribution in [2.45, 2.75) is 25.7 Å². The lowest BCUT2D eigenvalue weighted by molar-refractivity contribution is 0.0947. The molecule has 0 aliphatic heterocycles. The molecule has 0 saturated carbocycles. The lowest BCUT2D eigenvalue weighted by Crippen LogP contribution is -2.27. The first-order valence-electron chi connectivity index (χ1n) is 9.75. The van der Waals surface area contributed by atoms with Crippen LogP contribution < -0.4 is 5.32 Å². The summed E-state index contributed by atoms with van der Waals surface area (Å²) in [7, 11) is 0. The van der Waals surface area contributed by atoms with E-state index in [-0.39, 0.29) is 5.91 Å². The molecule has 0 atom stereocenters. The van der Waals surface area contributed by atoms with E-state index in [1.165, 1.54) is 6.07 Å². The van der Waals surface area contributed by atoms with E-state index in [2.05, 4.69) is 20.6 Å². The van der Waals surface area contributed by atoms with Crippen molar-refractivity contribution in [2.24, 2.45) is 0 Å². The Morgan fingerprint density at radius 2 is 2.00 bits per heavy atom. The molecular weight excluding hydrogens is 390 g/mol. The number of nitrogens with one attached hydrogen (secondary N) is 1. The molecule has 7 nitrogen and oxygen atoms in total. The molecule has 1 aliphatic carbocycles. The second kappa shape index (κ2) is 7.33. The summed E-state index contributed by atoms with van der Waals surface area (Å²) >= 11 is 0. The molecule has 0 bridgehead atoms. The number of benzene rings is 1. The molecule has 3 heterocycles. The number of amides is 1. The Hall–Kier alpha value is -3.62. The lowest BCUT2D eigenvalue weighted by Gasteiger charge is -2.06. The maximum Gasteiger partial charge on any atom is 0.272 e. The Balaban J connectivity index is 1.35. The van der Waals surface area contributed by atoms with Crippen molar-refractivity contribution >= 4 is 11.6 Å². The summed E-state index contributed by atoms with van der Waals surface area (Å²) in [6.07, 6.45) is 4.76. The van der Waals surface area contributed by atoms with E-state index in [1.807, 2.05) is 28.8 Å². The lowest BCUT2D eigenvalue weighted by atomic mass is 10.2. The van der Waals surface area contributed by atoms with Crippen molar-refractivity contribution < 1.29 is 13.6 Å². The first-order valence-corrected chi connectivity index (χ1v) is 9.75. The monoisotopic (exact) mass is 408 g/mol. The number of nitrogens with zero attached hydrogens (tertiary/aromatic N) is 5. The summed E-state index contributed by atoms with van der Waals surface area (Å²) in [4.78, 5) is 12.8. The minimum Gasteiger partial charge on any atom is -0.350 e. The van der Waals surface area contributed by atoms with Crippen LogP contribution in [0, 0.1) is 11.6 Å². The zero-order valence-electron chi connectivity index (χ0n) is 16.0. The SMILES string of the molecule is O=C(NCCc1nnc2ccccn12)c1nn(-c2ccc(F)c(F)c2)c2c1CCC2. The smallest absolute Gasteiger partial charge is 0.272 e. The molecule has 0 saturated heterocycles. The van der Waals surface area contributed by atoms with Crippen molar-refractivity contribution in [3.8, 4) is 5.69 Å². The van der Waals surface area contributed by atoms with Gasteiger partial charge in [-0.05, 0) is 43.5 Å². The summed E-state index contributed by atoms with van der Waals surface area (Å²) in [6.45, 7) is 0.376. The van der Waals surface area contributed by atoms with E-state index in [1.54, 1.807) is 4.68 Å². The van der Waals surface area contributed by atoms with E-state index >= 15 is 0 Å².